The van der Waals surface area contributed by atoms with Gasteiger partial charge in [0.25, 0.3) is 0 Å². The van der Waals surface area contributed by atoms with E-state index in [1.165, 1.54) is 33.5 Å². The van der Waals surface area contributed by atoms with Crippen LogP contribution in [0.3, 0.4) is 0 Å². The van der Waals surface area contributed by atoms with Crippen molar-refractivity contribution in [1.82, 2.24) is 9.97 Å². The van der Waals surface area contributed by atoms with Crippen LogP contribution in [0.1, 0.15) is 55.4 Å². The first-order valence-electron chi connectivity index (χ1n) is 9.58. The van der Waals surface area contributed by atoms with E-state index in [1.807, 2.05) is 11.8 Å². The topological polar surface area (TPSA) is 25.8 Å². The summed E-state index contributed by atoms with van der Waals surface area (Å²) in [6.45, 7) is 6.81. The van der Waals surface area contributed by atoms with Crippen LogP contribution in [0.15, 0.2) is 41.9 Å². The van der Waals surface area contributed by atoms with Crippen LogP contribution >= 0.6 is 11.8 Å². The molecular formula is C23H26N2S. The standard InChI is InChI=1S/C23H26N2S/c1-15(2)18-9-6-10-22-20(18)12-24-23(25-22)11-16(3)21-14-26-13-17-7-4-5-8-19(17)21/h4-5,7-9,12,14-16H,6,10-11,13H2,1-3H3. The van der Waals surface area contributed by atoms with Crippen LogP contribution in [-0.4, -0.2) is 9.97 Å². The van der Waals surface area contributed by atoms with Crippen LogP contribution in [0.25, 0.3) is 11.1 Å². The summed E-state index contributed by atoms with van der Waals surface area (Å²) < 4.78 is 0. The van der Waals surface area contributed by atoms with Crippen molar-refractivity contribution in [2.75, 3.05) is 0 Å². The Labute approximate surface area is 160 Å². The number of allylic oxidation sites excluding steroid dienone is 3. The highest BCUT2D eigenvalue weighted by Gasteiger charge is 2.21. The Bertz CT molecular complexity index is 880. The fourth-order valence-corrected chi connectivity index (χ4v) is 5.04. The first kappa shape index (κ1) is 17.5. The van der Waals surface area contributed by atoms with Gasteiger partial charge in [-0.25, -0.2) is 9.97 Å². The Hall–Kier alpha value is -1.87. The number of hydrogen-bond acceptors (Lipinski definition) is 3. The molecule has 0 saturated heterocycles. The van der Waals surface area contributed by atoms with Crippen molar-refractivity contribution in [3.8, 4) is 0 Å². The van der Waals surface area contributed by atoms with E-state index < -0.39 is 0 Å². The van der Waals surface area contributed by atoms with Crippen molar-refractivity contribution in [2.24, 2.45) is 11.8 Å². The van der Waals surface area contributed by atoms with Crippen molar-refractivity contribution in [3.63, 3.8) is 0 Å². The quantitative estimate of drug-likeness (QED) is 0.674. The summed E-state index contributed by atoms with van der Waals surface area (Å²) in [5, 5.41) is 2.34. The van der Waals surface area contributed by atoms with Gasteiger partial charge in [0, 0.05) is 23.9 Å². The largest absolute Gasteiger partial charge is 0.241 e. The van der Waals surface area contributed by atoms with Crippen molar-refractivity contribution in [2.45, 2.75) is 45.8 Å². The van der Waals surface area contributed by atoms with Crippen LogP contribution in [0.2, 0.25) is 0 Å². The van der Waals surface area contributed by atoms with Crippen LogP contribution < -0.4 is 0 Å². The van der Waals surface area contributed by atoms with E-state index in [-0.39, 0.29) is 0 Å². The minimum Gasteiger partial charge on any atom is -0.241 e. The van der Waals surface area contributed by atoms with Gasteiger partial charge in [0.2, 0.25) is 0 Å². The Morgan fingerprint density at radius 2 is 1.92 bits per heavy atom. The molecule has 4 rings (SSSR count). The minimum atomic E-state index is 0.422. The van der Waals surface area contributed by atoms with Crippen LogP contribution in [0, 0.1) is 11.8 Å². The highest BCUT2D eigenvalue weighted by molar-refractivity contribution is 8.01. The van der Waals surface area contributed by atoms with Gasteiger partial charge in [0.05, 0.1) is 5.69 Å². The van der Waals surface area contributed by atoms with Crippen LogP contribution in [-0.2, 0) is 18.6 Å². The van der Waals surface area contributed by atoms with E-state index in [2.05, 4.69) is 62.7 Å². The molecule has 0 amide bonds. The lowest BCUT2D eigenvalue weighted by Gasteiger charge is -2.23. The Balaban J connectivity index is 1.57. The summed E-state index contributed by atoms with van der Waals surface area (Å²) >= 11 is 1.90. The first-order chi connectivity index (χ1) is 12.6. The summed E-state index contributed by atoms with van der Waals surface area (Å²) in [5.74, 6) is 3.01. The third-order valence-corrected chi connectivity index (χ3v) is 6.29. The summed E-state index contributed by atoms with van der Waals surface area (Å²) in [4.78, 5) is 9.68. The molecule has 2 aliphatic rings. The first-order valence-corrected chi connectivity index (χ1v) is 10.6. The van der Waals surface area contributed by atoms with Gasteiger partial charge in [-0.1, -0.05) is 51.1 Å². The second-order valence-electron chi connectivity index (χ2n) is 7.65. The number of rotatable bonds is 4. The fraction of sp³-hybridized carbons (Fsp3) is 0.391. The summed E-state index contributed by atoms with van der Waals surface area (Å²) in [7, 11) is 0. The van der Waals surface area contributed by atoms with E-state index in [4.69, 9.17) is 9.97 Å². The maximum absolute atomic E-state index is 4.95. The minimum absolute atomic E-state index is 0.422. The Morgan fingerprint density at radius 3 is 2.77 bits per heavy atom. The molecule has 0 saturated carbocycles. The predicted octanol–water partition coefficient (Wildman–Crippen LogP) is 5.93. The number of benzene rings is 1. The zero-order valence-corrected chi connectivity index (χ0v) is 16.6. The van der Waals surface area contributed by atoms with E-state index in [9.17, 15) is 0 Å². The molecule has 2 nitrogen and oxygen atoms in total. The van der Waals surface area contributed by atoms with Crippen molar-refractivity contribution in [1.29, 1.82) is 0 Å². The maximum atomic E-state index is 4.95. The zero-order valence-electron chi connectivity index (χ0n) is 15.8. The zero-order chi connectivity index (χ0) is 18.1. The van der Waals surface area contributed by atoms with Crippen molar-refractivity contribution < 1.29 is 0 Å². The van der Waals surface area contributed by atoms with Gasteiger partial charge in [-0.2, -0.15) is 0 Å². The van der Waals surface area contributed by atoms with Gasteiger partial charge in [-0.05, 0) is 52.4 Å². The van der Waals surface area contributed by atoms with Gasteiger partial charge < -0.3 is 0 Å². The maximum Gasteiger partial charge on any atom is 0.129 e. The van der Waals surface area contributed by atoms with Gasteiger partial charge in [-0.3, -0.25) is 0 Å². The molecule has 0 bridgehead atoms. The molecule has 1 aromatic heterocycles. The summed E-state index contributed by atoms with van der Waals surface area (Å²) in [6, 6.07) is 8.78. The van der Waals surface area contributed by atoms with Crippen LogP contribution in [0.5, 0.6) is 0 Å². The average molecular weight is 363 g/mol. The fourth-order valence-electron chi connectivity index (χ4n) is 3.99. The molecule has 0 spiro atoms. The lowest BCUT2D eigenvalue weighted by atomic mass is 9.88. The third kappa shape index (κ3) is 3.37. The molecule has 1 aliphatic heterocycles. The SMILES string of the molecule is CC(C)C1=CCCc2nc(CC(C)C3=CSCc4ccccc43)ncc21. The second-order valence-corrected chi connectivity index (χ2v) is 8.50. The van der Waals surface area contributed by atoms with Gasteiger partial charge in [0.1, 0.15) is 5.82 Å². The molecule has 2 heterocycles. The van der Waals surface area contributed by atoms with E-state index in [1.54, 1.807) is 0 Å². The number of aromatic nitrogens is 2. The molecule has 3 heteroatoms. The van der Waals surface area contributed by atoms with Crippen molar-refractivity contribution in [3.05, 3.63) is 70.2 Å². The molecule has 0 fully saturated rings. The summed E-state index contributed by atoms with van der Waals surface area (Å²) in [5.41, 5.74) is 8.19. The predicted molar refractivity (Wildman–Crippen MR) is 112 cm³/mol. The smallest absolute Gasteiger partial charge is 0.129 e. The monoisotopic (exact) mass is 362 g/mol. The average Bonchev–Trinajstić information content (AvgIpc) is 2.66. The second kappa shape index (κ2) is 7.40. The molecule has 1 aliphatic carbocycles. The highest BCUT2D eigenvalue weighted by atomic mass is 32.2. The number of aryl methyl sites for hydroxylation is 1. The summed E-state index contributed by atoms with van der Waals surface area (Å²) in [6.07, 6.45) is 7.46. The van der Waals surface area contributed by atoms with Gasteiger partial charge >= 0.3 is 0 Å². The molecule has 0 radical (unpaired) electrons. The number of nitrogens with zero attached hydrogens (tertiary/aromatic N) is 2. The van der Waals surface area contributed by atoms with Gasteiger partial charge in [-0.15, -0.1) is 11.8 Å². The third-order valence-electron chi connectivity index (χ3n) is 5.39. The molecular weight excluding hydrogens is 336 g/mol. The highest BCUT2D eigenvalue weighted by Crippen LogP contribution is 2.37. The van der Waals surface area contributed by atoms with E-state index in [0.29, 0.717) is 11.8 Å². The molecule has 134 valence electrons. The molecule has 0 N–H and O–H groups in total. The molecule has 1 unspecified atom stereocenters. The van der Waals surface area contributed by atoms with Crippen LogP contribution in [0.4, 0.5) is 0 Å². The lowest BCUT2D eigenvalue weighted by Crippen LogP contribution is -2.13. The Morgan fingerprint density at radius 1 is 1.08 bits per heavy atom. The van der Waals surface area contributed by atoms with Gasteiger partial charge in [0.15, 0.2) is 0 Å². The number of hydrogen-bond donors (Lipinski definition) is 0. The lowest BCUT2D eigenvalue weighted by molar-refractivity contribution is 0.690. The van der Waals surface area contributed by atoms with E-state index >= 15 is 0 Å². The number of fused-ring (bicyclic) bond motifs is 2. The van der Waals surface area contributed by atoms with Crippen molar-refractivity contribution >= 4 is 22.9 Å². The molecule has 1 aromatic carbocycles. The van der Waals surface area contributed by atoms with E-state index in [0.717, 1.165) is 30.8 Å². The Kier molecular flexibility index (Phi) is 4.99. The number of thioether (sulfide) groups is 1. The molecule has 2 aromatic rings. The molecule has 1 atom stereocenters. The molecule has 26 heavy (non-hydrogen) atoms. The normalized spacial score (nSPS) is 17.2.